The zero-order valence-electron chi connectivity index (χ0n) is 16.6. The van der Waals surface area contributed by atoms with Crippen LogP contribution in [0.25, 0.3) is 6.08 Å². The molecule has 0 saturated heterocycles. The SMILES string of the molecule is C=C1/C=C\[C@@H](C)[C@H](C)OC(=O)c2c(O)cc(NCC)cc2/C=C/C[C@H](O)[C@@H]1O. The number of benzene rings is 1. The standard InChI is InChI=1S/C22H29NO5/c1-5-23-17-11-16-7-6-8-18(24)21(26)14(3)10-9-13(2)15(4)28-22(27)20(16)19(25)12-17/h6-7,9-13,15,18,21,23-26H,3,5,8H2,1-2,4H3/b7-6+,10-9-/t13-,15+,18+,21-/m1/s1. The van der Waals surface area contributed by atoms with Gasteiger partial charge in [-0.05, 0) is 37.5 Å². The first kappa shape index (κ1) is 21.7. The van der Waals surface area contributed by atoms with Crippen LogP contribution in [0.1, 0.15) is 43.1 Å². The molecule has 0 spiro atoms. The number of nitrogens with one attached hydrogen (secondary N) is 1. The number of rotatable bonds is 2. The van der Waals surface area contributed by atoms with Crippen LogP contribution in [0.15, 0.2) is 42.5 Å². The molecule has 1 heterocycles. The molecule has 1 aliphatic rings. The maximum atomic E-state index is 12.7. The summed E-state index contributed by atoms with van der Waals surface area (Å²) in [6.07, 6.45) is 4.22. The Morgan fingerprint density at radius 2 is 1.96 bits per heavy atom. The van der Waals surface area contributed by atoms with Gasteiger partial charge in [-0.15, -0.1) is 0 Å². The number of aromatic hydroxyl groups is 1. The molecule has 152 valence electrons. The molecule has 1 aliphatic heterocycles. The maximum Gasteiger partial charge on any atom is 0.342 e. The summed E-state index contributed by atoms with van der Waals surface area (Å²) >= 11 is 0. The van der Waals surface area contributed by atoms with E-state index in [0.29, 0.717) is 23.4 Å². The molecule has 2 rings (SSSR count). The van der Waals surface area contributed by atoms with Gasteiger partial charge in [0.1, 0.15) is 23.5 Å². The minimum absolute atomic E-state index is 0.0671. The van der Waals surface area contributed by atoms with Gasteiger partial charge in [0, 0.05) is 24.2 Å². The molecule has 0 fully saturated rings. The van der Waals surface area contributed by atoms with Crippen molar-refractivity contribution in [1.29, 1.82) is 0 Å². The van der Waals surface area contributed by atoms with Gasteiger partial charge in [-0.25, -0.2) is 4.79 Å². The van der Waals surface area contributed by atoms with E-state index in [-0.39, 0.29) is 23.7 Å². The molecule has 0 radical (unpaired) electrons. The fourth-order valence-electron chi connectivity index (χ4n) is 2.88. The number of carbonyl (C=O) groups excluding carboxylic acids is 1. The minimum Gasteiger partial charge on any atom is -0.507 e. The van der Waals surface area contributed by atoms with Crippen molar-refractivity contribution >= 4 is 17.7 Å². The third-order valence-corrected chi connectivity index (χ3v) is 4.80. The van der Waals surface area contributed by atoms with Gasteiger partial charge in [0.25, 0.3) is 0 Å². The number of fused-ring (bicyclic) bond motifs is 1. The van der Waals surface area contributed by atoms with Crippen LogP contribution in [0.2, 0.25) is 0 Å². The van der Waals surface area contributed by atoms with Gasteiger partial charge in [-0.2, -0.15) is 0 Å². The Bertz CT molecular complexity index is 783. The molecule has 1 aromatic rings. The Labute approximate surface area is 165 Å². The Balaban J connectivity index is 2.50. The summed E-state index contributed by atoms with van der Waals surface area (Å²) in [5.74, 6) is -0.959. The molecule has 4 atom stereocenters. The lowest BCUT2D eigenvalue weighted by Crippen LogP contribution is -2.27. The number of hydrogen-bond acceptors (Lipinski definition) is 6. The molecule has 0 aliphatic carbocycles. The second-order valence-electron chi connectivity index (χ2n) is 7.04. The van der Waals surface area contributed by atoms with Crippen molar-refractivity contribution in [3.05, 3.63) is 53.6 Å². The van der Waals surface area contributed by atoms with Crippen LogP contribution in [0, 0.1) is 5.92 Å². The Hall–Kier alpha value is -2.57. The molecule has 0 unspecified atom stereocenters. The summed E-state index contributed by atoms with van der Waals surface area (Å²) in [7, 11) is 0. The quantitative estimate of drug-likeness (QED) is 0.582. The van der Waals surface area contributed by atoms with E-state index in [9.17, 15) is 20.1 Å². The average molecular weight is 387 g/mol. The lowest BCUT2D eigenvalue weighted by atomic mass is 9.98. The second-order valence-corrected chi connectivity index (χ2v) is 7.04. The first-order valence-corrected chi connectivity index (χ1v) is 9.46. The second kappa shape index (κ2) is 9.57. The van der Waals surface area contributed by atoms with E-state index in [0.717, 1.165) is 0 Å². The summed E-state index contributed by atoms with van der Waals surface area (Å²) in [6.45, 7) is 10.0. The molecule has 1 aromatic carbocycles. The molecular weight excluding hydrogens is 358 g/mol. The van der Waals surface area contributed by atoms with Crippen LogP contribution in [-0.2, 0) is 4.74 Å². The Morgan fingerprint density at radius 1 is 1.25 bits per heavy atom. The monoisotopic (exact) mass is 387 g/mol. The maximum absolute atomic E-state index is 12.7. The lowest BCUT2D eigenvalue weighted by molar-refractivity contribution is 0.0262. The van der Waals surface area contributed by atoms with Gasteiger partial charge in [0.05, 0.1) is 6.10 Å². The van der Waals surface area contributed by atoms with E-state index in [4.69, 9.17) is 4.74 Å². The summed E-state index contributed by atoms with van der Waals surface area (Å²) in [6, 6.07) is 3.22. The van der Waals surface area contributed by atoms with Crippen LogP contribution in [0.5, 0.6) is 5.75 Å². The summed E-state index contributed by atoms with van der Waals surface area (Å²) in [5.41, 5.74) is 1.58. The molecule has 28 heavy (non-hydrogen) atoms. The number of carbonyl (C=O) groups is 1. The predicted octanol–water partition coefficient (Wildman–Crippen LogP) is 3.26. The van der Waals surface area contributed by atoms with Crippen molar-refractivity contribution in [2.75, 3.05) is 11.9 Å². The van der Waals surface area contributed by atoms with Gasteiger partial charge in [-0.1, -0.05) is 37.8 Å². The highest BCUT2D eigenvalue weighted by Gasteiger charge is 2.23. The lowest BCUT2D eigenvalue weighted by Gasteiger charge is -2.21. The third kappa shape index (κ3) is 5.24. The molecule has 0 amide bonds. The molecule has 0 aromatic heterocycles. The number of anilines is 1. The van der Waals surface area contributed by atoms with E-state index >= 15 is 0 Å². The van der Waals surface area contributed by atoms with Crippen molar-refractivity contribution in [3.63, 3.8) is 0 Å². The molecule has 6 nitrogen and oxygen atoms in total. The van der Waals surface area contributed by atoms with E-state index in [2.05, 4.69) is 11.9 Å². The number of phenolic OH excluding ortho intramolecular Hbond substituents is 1. The molecule has 0 saturated carbocycles. The first-order chi connectivity index (χ1) is 13.2. The van der Waals surface area contributed by atoms with E-state index in [1.807, 2.05) is 13.8 Å². The predicted molar refractivity (Wildman–Crippen MR) is 110 cm³/mol. The largest absolute Gasteiger partial charge is 0.507 e. The van der Waals surface area contributed by atoms with Gasteiger partial charge >= 0.3 is 5.97 Å². The van der Waals surface area contributed by atoms with Crippen LogP contribution in [-0.4, -0.2) is 46.1 Å². The topological polar surface area (TPSA) is 99.0 Å². The van der Waals surface area contributed by atoms with E-state index in [1.165, 1.54) is 6.07 Å². The van der Waals surface area contributed by atoms with Crippen molar-refractivity contribution in [1.82, 2.24) is 0 Å². The fourth-order valence-corrected chi connectivity index (χ4v) is 2.88. The van der Waals surface area contributed by atoms with Crippen LogP contribution in [0.3, 0.4) is 0 Å². The number of aliphatic hydroxyl groups is 2. The number of aliphatic hydroxyl groups excluding tert-OH is 2. The van der Waals surface area contributed by atoms with Gasteiger partial charge in [0.2, 0.25) is 0 Å². The number of cyclic esters (lactones) is 1. The number of hydrogen-bond donors (Lipinski definition) is 4. The Morgan fingerprint density at radius 3 is 2.64 bits per heavy atom. The van der Waals surface area contributed by atoms with Crippen molar-refractivity contribution in [2.45, 2.75) is 45.5 Å². The van der Waals surface area contributed by atoms with Gasteiger partial charge in [0.15, 0.2) is 0 Å². The average Bonchev–Trinajstić information content (AvgIpc) is 2.64. The summed E-state index contributed by atoms with van der Waals surface area (Å²) in [5, 5.41) is 34.0. The van der Waals surface area contributed by atoms with Crippen LogP contribution >= 0.6 is 0 Å². The highest BCUT2D eigenvalue weighted by Crippen LogP contribution is 2.30. The Kier molecular flexibility index (Phi) is 7.43. The smallest absolute Gasteiger partial charge is 0.342 e. The van der Waals surface area contributed by atoms with E-state index < -0.39 is 24.3 Å². The number of ether oxygens (including phenoxy) is 1. The van der Waals surface area contributed by atoms with Crippen molar-refractivity contribution in [2.24, 2.45) is 5.92 Å². The third-order valence-electron chi connectivity index (χ3n) is 4.80. The molecule has 0 bridgehead atoms. The molecule has 4 N–H and O–H groups in total. The summed E-state index contributed by atoms with van der Waals surface area (Å²) in [4.78, 5) is 12.7. The molecule has 6 heteroatoms. The normalized spacial score (nSPS) is 28.6. The highest BCUT2D eigenvalue weighted by atomic mass is 16.5. The van der Waals surface area contributed by atoms with E-state index in [1.54, 1.807) is 37.3 Å². The van der Waals surface area contributed by atoms with Crippen molar-refractivity contribution in [3.8, 4) is 5.75 Å². The highest BCUT2D eigenvalue weighted by molar-refractivity contribution is 5.97. The first-order valence-electron chi connectivity index (χ1n) is 9.46. The van der Waals surface area contributed by atoms with Crippen LogP contribution in [0.4, 0.5) is 5.69 Å². The zero-order chi connectivity index (χ0) is 20.8. The summed E-state index contributed by atoms with van der Waals surface area (Å²) < 4.78 is 5.55. The zero-order valence-corrected chi connectivity index (χ0v) is 16.6. The minimum atomic E-state index is -1.10. The molecular formula is C22H29NO5. The number of esters is 1. The fraction of sp³-hybridized carbons (Fsp3) is 0.409. The van der Waals surface area contributed by atoms with Crippen LogP contribution < -0.4 is 5.32 Å². The van der Waals surface area contributed by atoms with Gasteiger partial charge < -0.3 is 25.4 Å². The van der Waals surface area contributed by atoms with Gasteiger partial charge in [-0.3, -0.25) is 0 Å². The number of phenols is 1. The van der Waals surface area contributed by atoms with Crippen molar-refractivity contribution < 1.29 is 24.9 Å².